The largest absolute Gasteiger partial charge is 0.364 e. The number of aryl methyl sites for hydroxylation is 1. The third kappa shape index (κ3) is 2.03. The quantitative estimate of drug-likeness (QED) is 0.854. The van der Waals surface area contributed by atoms with E-state index >= 15 is 0 Å². The summed E-state index contributed by atoms with van der Waals surface area (Å²) in [6, 6.07) is 0.483. The molecule has 2 aromatic heterocycles. The Hall–Kier alpha value is -1.69. The van der Waals surface area contributed by atoms with E-state index in [0.717, 1.165) is 43.2 Å². The van der Waals surface area contributed by atoms with Gasteiger partial charge >= 0.3 is 0 Å². The van der Waals surface area contributed by atoms with Crippen LogP contribution in [0.25, 0.3) is 5.65 Å². The molecule has 0 aromatic carbocycles. The Morgan fingerprint density at radius 1 is 1.28 bits per heavy atom. The molecule has 3 heterocycles. The first-order chi connectivity index (χ1) is 8.74. The number of nitrogens with zero attached hydrogens (tertiary/aromatic N) is 5. The molecule has 0 spiro atoms. The molecule has 6 heteroatoms. The number of aromatic nitrogens is 4. The van der Waals surface area contributed by atoms with Crippen molar-refractivity contribution in [3.05, 3.63) is 18.2 Å². The molecule has 0 aliphatic carbocycles. The van der Waals surface area contributed by atoms with Crippen LogP contribution in [0.2, 0.25) is 0 Å². The van der Waals surface area contributed by atoms with Crippen LogP contribution < -0.4 is 5.32 Å². The topological polar surface area (TPSA) is 58.4 Å². The second kappa shape index (κ2) is 4.53. The van der Waals surface area contributed by atoms with E-state index < -0.39 is 0 Å². The third-order valence-corrected chi connectivity index (χ3v) is 3.56. The summed E-state index contributed by atoms with van der Waals surface area (Å²) in [4.78, 5) is 6.74. The van der Waals surface area contributed by atoms with Crippen molar-refractivity contribution in [1.29, 1.82) is 0 Å². The number of fused-ring (bicyclic) bond motifs is 1. The van der Waals surface area contributed by atoms with Crippen LogP contribution in [0.1, 0.15) is 18.7 Å². The molecule has 2 aromatic rings. The molecule has 0 saturated carbocycles. The van der Waals surface area contributed by atoms with Crippen LogP contribution in [0.3, 0.4) is 0 Å². The molecule has 1 aliphatic heterocycles. The third-order valence-electron chi connectivity index (χ3n) is 3.56. The Balaban J connectivity index is 1.82. The lowest BCUT2D eigenvalue weighted by atomic mass is 10.1. The minimum absolute atomic E-state index is 0.483. The lowest BCUT2D eigenvalue weighted by molar-refractivity contribution is 0.263. The molecule has 1 saturated heterocycles. The zero-order valence-corrected chi connectivity index (χ0v) is 10.8. The average Bonchev–Trinajstić information content (AvgIpc) is 2.76. The Morgan fingerprint density at radius 2 is 2.06 bits per heavy atom. The summed E-state index contributed by atoms with van der Waals surface area (Å²) in [5.41, 5.74) is 0.814. The van der Waals surface area contributed by atoms with Gasteiger partial charge in [-0.1, -0.05) is 0 Å². The summed E-state index contributed by atoms with van der Waals surface area (Å²) < 4.78 is 1.96. The van der Waals surface area contributed by atoms with E-state index in [9.17, 15) is 0 Å². The van der Waals surface area contributed by atoms with Crippen molar-refractivity contribution < 1.29 is 0 Å². The highest BCUT2D eigenvalue weighted by molar-refractivity contribution is 5.62. The van der Waals surface area contributed by atoms with Gasteiger partial charge in [0.1, 0.15) is 5.82 Å². The lowest BCUT2D eigenvalue weighted by Crippen LogP contribution is -2.37. The van der Waals surface area contributed by atoms with Crippen molar-refractivity contribution >= 4 is 11.5 Å². The zero-order chi connectivity index (χ0) is 12.5. The fraction of sp³-hybridized carbons (Fsp3) is 0.583. The predicted molar refractivity (Wildman–Crippen MR) is 69.7 cm³/mol. The van der Waals surface area contributed by atoms with E-state index in [-0.39, 0.29) is 0 Å². The number of rotatable bonds is 2. The van der Waals surface area contributed by atoms with E-state index in [4.69, 9.17) is 0 Å². The van der Waals surface area contributed by atoms with Gasteiger partial charge in [-0.15, -0.1) is 10.2 Å². The molecule has 18 heavy (non-hydrogen) atoms. The van der Waals surface area contributed by atoms with Crippen LogP contribution in [0.4, 0.5) is 5.82 Å². The number of hydrogen-bond donors (Lipinski definition) is 1. The molecule has 1 aliphatic rings. The Morgan fingerprint density at radius 3 is 2.83 bits per heavy atom. The lowest BCUT2D eigenvalue weighted by Gasteiger charge is -2.29. The second-order valence-corrected chi connectivity index (χ2v) is 4.94. The summed E-state index contributed by atoms with van der Waals surface area (Å²) in [5, 5.41) is 11.8. The molecule has 0 radical (unpaired) electrons. The highest BCUT2D eigenvalue weighted by Gasteiger charge is 2.18. The van der Waals surface area contributed by atoms with Crippen molar-refractivity contribution in [2.75, 3.05) is 25.5 Å². The number of nitrogens with one attached hydrogen (secondary N) is 1. The fourth-order valence-corrected chi connectivity index (χ4v) is 2.39. The van der Waals surface area contributed by atoms with Crippen LogP contribution >= 0.6 is 0 Å². The van der Waals surface area contributed by atoms with Gasteiger partial charge in [0, 0.05) is 18.4 Å². The molecule has 1 N–H and O–H groups in total. The predicted octanol–water partition coefficient (Wildman–Crippen LogP) is 0.939. The summed E-state index contributed by atoms with van der Waals surface area (Å²) in [5.74, 6) is 1.73. The van der Waals surface area contributed by atoms with Gasteiger partial charge in [-0.2, -0.15) is 0 Å². The maximum Gasteiger partial charge on any atom is 0.203 e. The monoisotopic (exact) mass is 246 g/mol. The van der Waals surface area contributed by atoms with E-state index in [1.165, 1.54) is 0 Å². The molecule has 6 nitrogen and oxygen atoms in total. The second-order valence-electron chi connectivity index (χ2n) is 4.94. The highest BCUT2D eigenvalue weighted by Crippen LogP contribution is 2.17. The first-order valence-corrected chi connectivity index (χ1v) is 6.35. The van der Waals surface area contributed by atoms with Crippen LogP contribution in [0, 0.1) is 6.92 Å². The maximum absolute atomic E-state index is 4.39. The molecule has 0 amide bonds. The van der Waals surface area contributed by atoms with E-state index in [0.29, 0.717) is 6.04 Å². The van der Waals surface area contributed by atoms with Gasteiger partial charge < -0.3 is 10.2 Å². The molecule has 96 valence electrons. The van der Waals surface area contributed by atoms with Gasteiger partial charge in [0.05, 0.1) is 0 Å². The Kier molecular flexibility index (Phi) is 2.87. The normalized spacial score (nSPS) is 18.3. The summed E-state index contributed by atoms with van der Waals surface area (Å²) >= 11 is 0. The van der Waals surface area contributed by atoms with Gasteiger partial charge in [-0.05, 0) is 39.9 Å². The van der Waals surface area contributed by atoms with Gasteiger partial charge in [-0.3, -0.25) is 4.40 Å². The number of piperidine rings is 1. The first kappa shape index (κ1) is 11.4. The van der Waals surface area contributed by atoms with Gasteiger partial charge in [0.15, 0.2) is 5.82 Å². The molecular formula is C12H18N6. The van der Waals surface area contributed by atoms with E-state index in [1.54, 1.807) is 6.20 Å². The maximum atomic E-state index is 4.39. The summed E-state index contributed by atoms with van der Waals surface area (Å²) in [6.07, 6.45) is 5.98. The van der Waals surface area contributed by atoms with Crippen molar-refractivity contribution in [3.63, 3.8) is 0 Å². The molecule has 3 rings (SSSR count). The van der Waals surface area contributed by atoms with Gasteiger partial charge in [-0.25, -0.2) is 4.98 Å². The number of hydrogen-bond acceptors (Lipinski definition) is 5. The zero-order valence-electron chi connectivity index (χ0n) is 10.8. The van der Waals surface area contributed by atoms with Crippen molar-refractivity contribution in [3.8, 4) is 0 Å². The smallest absolute Gasteiger partial charge is 0.203 e. The van der Waals surface area contributed by atoms with Crippen LogP contribution in [0.15, 0.2) is 12.4 Å². The minimum atomic E-state index is 0.483. The summed E-state index contributed by atoms with van der Waals surface area (Å²) in [7, 11) is 2.16. The fourth-order valence-electron chi connectivity index (χ4n) is 2.39. The molecular weight excluding hydrogens is 228 g/mol. The van der Waals surface area contributed by atoms with E-state index in [1.807, 2.05) is 17.5 Å². The molecule has 0 bridgehead atoms. The van der Waals surface area contributed by atoms with Crippen LogP contribution in [-0.4, -0.2) is 50.7 Å². The van der Waals surface area contributed by atoms with Crippen molar-refractivity contribution in [2.45, 2.75) is 25.8 Å². The molecule has 0 atom stereocenters. The molecule has 0 unspecified atom stereocenters. The van der Waals surface area contributed by atoms with Crippen LogP contribution in [-0.2, 0) is 0 Å². The van der Waals surface area contributed by atoms with Crippen molar-refractivity contribution in [2.24, 2.45) is 0 Å². The van der Waals surface area contributed by atoms with Gasteiger partial charge in [0.25, 0.3) is 0 Å². The SMILES string of the molecule is Cc1nnc2c(NC3CCN(C)CC3)nccn12. The number of anilines is 1. The van der Waals surface area contributed by atoms with Gasteiger partial charge in [0.2, 0.25) is 5.65 Å². The molecule has 1 fully saturated rings. The Bertz CT molecular complexity index is 540. The minimum Gasteiger partial charge on any atom is -0.364 e. The Labute approximate surface area is 106 Å². The van der Waals surface area contributed by atoms with E-state index in [2.05, 4.69) is 32.4 Å². The van der Waals surface area contributed by atoms with Crippen LogP contribution in [0.5, 0.6) is 0 Å². The summed E-state index contributed by atoms with van der Waals surface area (Å²) in [6.45, 7) is 4.21. The standard InChI is InChI=1S/C12H18N6/c1-9-15-16-12-11(13-5-8-18(9)12)14-10-3-6-17(2)7-4-10/h5,8,10H,3-4,6-7H2,1-2H3,(H,13,14). The number of likely N-dealkylation sites (tertiary alicyclic amines) is 1. The first-order valence-electron chi connectivity index (χ1n) is 6.35. The highest BCUT2D eigenvalue weighted by atomic mass is 15.3. The average molecular weight is 246 g/mol. The van der Waals surface area contributed by atoms with Crippen molar-refractivity contribution in [1.82, 2.24) is 24.5 Å².